The second kappa shape index (κ2) is 12.5. The SMILES string of the molecule is N#Cc1ccc(-c2ccc(-n3c4ccccc4c4cc(-c5ccc6c(c5)c5ccccc5n6-c5ccc6c7ccccc7c7ccccc7c6c5)ccc43)cc2)cc1. The predicted molar refractivity (Wildman–Crippen MR) is 243 cm³/mol. The van der Waals surface area contributed by atoms with Crippen molar-refractivity contribution in [1.82, 2.24) is 9.13 Å². The number of benzene rings is 10. The summed E-state index contributed by atoms with van der Waals surface area (Å²) in [5, 5.41) is 21.8. The largest absolute Gasteiger partial charge is 0.309 e. The highest BCUT2D eigenvalue weighted by Gasteiger charge is 2.17. The van der Waals surface area contributed by atoms with Gasteiger partial charge in [0, 0.05) is 32.9 Å². The molecular weight excluding hydrogens is 703 g/mol. The topological polar surface area (TPSA) is 33.6 Å². The van der Waals surface area contributed by atoms with Crippen molar-refractivity contribution >= 4 is 75.9 Å². The number of nitriles is 1. The molecule has 0 spiro atoms. The van der Waals surface area contributed by atoms with Crippen LogP contribution in [-0.2, 0) is 0 Å². The lowest BCUT2D eigenvalue weighted by Gasteiger charge is -2.14. The highest BCUT2D eigenvalue weighted by molar-refractivity contribution is 6.25. The molecule has 0 fully saturated rings. The van der Waals surface area contributed by atoms with Crippen molar-refractivity contribution < 1.29 is 0 Å². The van der Waals surface area contributed by atoms with E-state index >= 15 is 0 Å². The molecule has 0 unspecified atom stereocenters. The van der Waals surface area contributed by atoms with Gasteiger partial charge in [0.2, 0.25) is 0 Å². The molecule has 0 aliphatic heterocycles. The molecule has 0 saturated heterocycles. The molecule has 0 amide bonds. The van der Waals surface area contributed by atoms with E-state index in [-0.39, 0.29) is 0 Å². The van der Waals surface area contributed by atoms with Gasteiger partial charge in [0.05, 0.1) is 33.7 Å². The van der Waals surface area contributed by atoms with Gasteiger partial charge in [-0.1, -0.05) is 127 Å². The molecule has 10 aromatic carbocycles. The lowest BCUT2D eigenvalue weighted by Crippen LogP contribution is -1.94. The van der Waals surface area contributed by atoms with E-state index in [0.717, 1.165) is 22.5 Å². The minimum Gasteiger partial charge on any atom is -0.309 e. The van der Waals surface area contributed by atoms with Crippen LogP contribution in [0.15, 0.2) is 200 Å². The number of nitrogens with zero attached hydrogens (tertiary/aromatic N) is 3. The van der Waals surface area contributed by atoms with Gasteiger partial charge < -0.3 is 9.13 Å². The van der Waals surface area contributed by atoms with Crippen molar-refractivity contribution in [2.75, 3.05) is 0 Å². The first-order chi connectivity index (χ1) is 28.7. The van der Waals surface area contributed by atoms with E-state index < -0.39 is 0 Å². The Kier molecular flexibility index (Phi) is 6.99. The number of hydrogen-bond acceptors (Lipinski definition) is 1. The summed E-state index contributed by atoms with van der Waals surface area (Å²) in [4.78, 5) is 0. The third kappa shape index (κ3) is 4.79. The Balaban J connectivity index is 0.991. The maximum atomic E-state index is 9.24. The van der Waals surface area contributed by atoms with Gasteiger partial charge in [0.25, 0.3) is 0 Å². The van der Waals surface area contributed by atoms with Crippen LogP contribution in [0.5, 0.6) is 0 Å². The van der Waals surface area contributed by atoms with E-state index in [9.17, 15) is 5.26 Å². The summed E-state index contributed by atoms with van der Waals surface area (Å²) in [6.45, 7) is 0. The molecule has 2 heterocycles. The molecule has 2 aromatic heterocycles. The Morgan fingerprint density at radius 2 is 0.655 bits per heavy atom. The molecule has 0 atom stereocenters. The van der Waals surface area contributed by atoms with Crippen molar-refractivity contribution in [3.8, 4) is 39.7 Å². The van der Waals surface area contributed by atoms with Crippen LogP contribution in [0.1, 0.15) is 5.56 Å². The number of aromatic nitrogens is 2. The van der Waals surface area contributed by atoms with Crippen molar-refractivity contribution in [2.24, 2.45) is 0 Å². The molecule has 268 valence electrons. The number of fused-ring (bicyclic) bond motifs is 12. The van der Waals surface area contributed by atoms with Crippen molar-refractivity contribution in [3.63, 3.8) is 0 Å². The van der Waals surface area contributed by atoms with Gasteiger partial charge in [-0.3, -0.25) is 0 Å². The van der Waals surface area contributed by atoms with Crippen LogP contribution in [-0.4, -0.2) is 9.13 Å². The van der Waals surface area contributed by atoms with E-state index in [1.54, 1.807) is 0 Å². The van der Waals surface area contributed by atoms with Crippen LogP contribution < -0.4 is 0 Å². The first kappa shape index (κ1) is 32.3. The van der Waals surface area contributed by atoms with Crippen molar-refractivity contribution in [1.29, 1.82) is 5.26 Å². The molecule has 0 saturated carbocycles. The molecule has 0 N–H and O–H groups in total. The summed E-state index contributed by atoms with van der Waals surface area (Å²) < 4.78 is 4.80. The van der Waals surface area contributed by atoms with E-state index in [4.69, 9.17) is 0 Å². The van der Waals surface area contributed by atoms with Crippen molar-refractivity contribution in [3.05, 3.63) is 206 Å². The van der Waals surface area contributed by atoms with E-state index in [2.05, 4.69) is 191 Å². The van der Waals surface area contributed by atoms with Gasteiger partial charge in [-0.2, -0.15) is 5.26 Å². The Morgan fingerprint density at radius 1 is 0.276 bits per heavy atom. The third-order valence-electron chi connectivity index (χ3n) is 12.1. The average Bonchev–Trinajstić information content (AvgIpc) is 3.81. The second-order valence-corrected chi connectivity index (χ2v) is 15.2. The van der Waals surface area contributed by atoms with Crippen LogP contribution in [0.2, 0.25) is 0 Å². The zero-order valence-corrected chi connectivity index (χ0v) is 31.4. The fourth-order valence-electron chi connectivity index (χ4n) is 9.44. The molecule has 58 heavy (non-hydrogen) atoms. The quantitative estimate of drug-likeness (QED) is 0.166. The predicted octanol–water partition coefficient (Wildman–Crippen LogP) is 14.5. The Hall–Kier alpha value is -7.93. The first-order valence-electron chi connectivity index (χ1n) is 19.7. The minimum absolute atomic E-state index is 0.667. The van der Waals surface area contributed by atoms with E-state index in [0.29, 0.717) is 5.56 Å². The van der Waals surface area contributed by atoms with Gasteiger partial charge in [-0.15, -0.1) is 0 Å². The highest BCUT2D eigenvalue weighted by Crippen LogP contribution is 2.41. The van der Waals surface area contributed by atoms with Crippen LogP contribution in [0.3, 0.4) is 0 Å². The third-order valence-corrected chi connectivity index (χ3v) is 12.1. The van der Waals surface area contributed by atoms with Crippen LogP contribution >= 0.6 is 0 Å². The first-order valence-corrected chi connectivity index (χ1v) is 19.7. The second-order valence-electron chi connectivity index (χ2n) is 15.2. The molecule has 3 heteroatoms. The lowest BCUT2D eigenvalue weighted by atomic mass is 9.94. The zero-order valence-electron chi connectivity index (χ0n) is 31.4. The number of para-hydroxylation sites is 2. The zero-order chi connectivity index (χ0) is 38.3. The Morgan fingerprint density at radius 3 is 1.17 bits per heavy atom. The summed E-state index contributed by atoms with van der Waals surface area (Å²) in [7, 11) is 0. The van der Waals surface area contributed by atoms with Crippen LogP contribution in [0.25, 0.3) is 110 Å². The summed E-state index contributed by atoms with van der Waals surface area (Å²) in [6.07, 6.45) is 0. The highest BCUT2D eigenvalue weighted by atomic mass is 15.0. The summed E-state index contributed by atoms with van der Waals surface area (Å²) in [5.41, 5.74) is 12.3. The number of rotatable bonds is 4. The van der Waals surface area contributed by atoms with E-state index in [1.165, 1.54) is 87.1 Å². The Bertz CT molecular complexity index is 3630. The Labute approximate surface area is 334 Å². The minimum atomic E-state index is 0.667. The monoisotopic (exact) mass is 735 g/mol. The lowest BCUT2D eigenvalue weighted by molar-refractivity contribution is 1.18. The standard InChI is InChI=1S/C55H33N3/c56-34-35-17-19-36(20-18-35)37-21-25-40(26-22-37)57-52-15-7-5-13-47(52)50-31-38(23-29-54(50)57)39-24-30-55-51(32-39)48-14-6-8-16-53(48)58(55)41-27-28-46-44-11-2-1-9-42(44)43-10-3-4-12-45(43)49(46)33-41/h1-33H. The van der Waals surface area contributed by atoms with Crippen LogP contribution in [0.4, 0.5) is 0 Å². The van der Waals surface area contributed by atoms with Crippen molar-refractivity contribution in [2.45, 2.75) is 0 Å². The van der Waals surface area contributed by atoms with Crippen LogP contribution in [0, 0.1) is 11.3 Å². The molecule has 0 aliphatic rings. The summed E-state index contributed by atoms with van der Waals surface area (Å²) in [5.74, 6) is 0. The van der Waals surface area contributed by atoms with Gasteiger partial charge >= 0.3 is 0 Å². The summed E-state index contributed by atoms with van der Waals surface area (Å²) in [6, 6.07) is 74.6. The molecule has 3 nitrogen and oxygen atoms in total. The normalized spacial score (nSPS) is 11.8. The van der Waals surface area contributed by atoms with Gasteiger partial charge in [0.1, 0.15) is 0 Å². The van der Waals surface area contributed by atoms with Gasteiger partial charge in [-0.25, -0.2) is 0 Å². The molecule has 0 radical (unpaired) electrons. The van der Waals surface area contributed by atoms with Gasteiger partial charge in [0.15, 0.2) is 0 Å². The fourth-order valence-corrected chi connectivity index (χ4v) is 9.44. The molecule has 12 aromatic rings. The maximum Gasteiger partial charge on any atom is 0.0991 e. The van der Waals surface area contributed by atoms with Gasteiger partial charge in [-0.05, 0) is 127 Å². The summed E-state index contributed by atoms with van der Waals surface area (Å²) >= 11 is 0. The van der Waals surface area contributed by atoms with E-state index in [1.807, 2.05) is 24.3 Å². The molecule has 0 bridgehead atoms. The molecular formula is C55H33N3. The maximum absolute atomic E-state index is 9.24. The fraction of sp³-hybridized carbons (Fsp3) is 0. The smallest absolute Gasteiger partial charge is 0.0991 e. The molecule has 0 aliphatic carbocycles. The number of hydrogen-bond donors (Lipinski definition) is 0. The molecule has 12 rings (SSSR count). The average molecular weight is 736 g/mol.